The number of rotatable bonds is 2. The van der Waals surface area contributed by atoms with E-state index in [2.05, 4.69) is 4.98 Å². The molecule has 2 heterocycles. The minimum absolute atomic E-state index is 0.0949. The van der Waals surface area contributed by atoms with Crippen LogP contribution >= 0.6 is 22.9 Å². The number of nitrogens with two attached hydrogens (primary N) is 1. The first-order chi connectivity index (χ1) is 9.97. The number of anilines is 1. The summed E-state index contributed by atoms with van der Waals surface area (Å²) in [5, 5.41) is 1.45. The Kier molecular flexibility index (Phi) is 3.43. The highest BCUT2D eigenvalue weighted by molar-refractivity contribution is 7.21. The lowest BCUT2D eigenvalue weighted by Crippen LogP contribution is -2.01. The van der Waals surface area contributed by atoms with Crippen molar-refractivity contribution in [2.45, 2.75) is 13.8 Å². The van der Waals surface area contributed by atoms with Gasteiger partial charge in [-0.15, -0.1) is 11.3 Å². The minimum atomic E-state index is -0.0949. The third kappa shape index (κ3) is 2.41. The lowest BCUT2D eigenvalue weighted by Gasteiger charge is -2.00. The first-order valence-corrected chi connectivity index (χ1v) is 7.63. The predicted octanol–water partition coefficient (Wildman–Crippen LogP) is 4.38. The molecule has 0 aliphatic heterocycles. The summed E-state index contributed by atoms with van der Waals surface area (Å²) in [5.74, 6) is -0.0949. The molecule has 0 saturated carbocycles. The fourth-order valence-corrected chi connectivity index (χ4v) is 3.34. The number of ketones is 1. The smallest absolute Gasteiger partial charge is 0.205 e. The van der Waals surface area contributed by atoms with Gasteiger partial charge in [0.1, 0.15) is 9.71 Å². The summed E-state index contributed by atoms with van der Waals surface area (Å²) in [6, 6.07) is 8.80. The maximum absolute atomic E-state index is 12.6. The summed E-state index contributed by atoms with van der Waals surface area (Å²) >= 11 is 7.18. The van der Waals surface area contributed by atoms with Crippen molar-refractivity contribution in [3.63, 3.8) is 0 Å². The van der Waals surface area contributed by atoms with E-state index in [9.17, 15) is 4.79 Å². The highest BCUT2D eigenvalue weighted by Gasteiger charge is 2.19. The van der Waals surface area contributed by atoms with E-state index in [4.69, 9.17) is 17.3 Å². The van der Waals surface area contributed by atoms with E-state index in [1.54, 1.807) is 24.3 Å². The molecule has 106 valence electrons. The van der Waals surface area contributed by atoms with Crippen LogP contribution < -0.4 is 5.73 Å². The van der Waals surface area contributed by atoms with Crippen molar-refractivity contribution in [2.75, 3.05) is 5.73 Å². The van der Waals surface area contributed by atoms with Crippen molar-refractivity contribution in [1.82, 2.24) is 4.98 Å². The molecule has 0 spiro atoms. The number of nitrogens with zero attached hydrogens (tertiary/aromatic N) is 1. The van der Waals surface area contributed by atoms with Gasteiger partial charge in [-0.1, -0.05) is 11.6 Å². The number of aryl methyl sites for hydroxylation is 2. The van der Waals surface area contributed by atoms with Crippen molar-refractivity contribution in [2.24, 2.45) is 0 Å². The molecule has 0 amide bonds. The third-order valence-corrected chi connectivity index (χ3v) is 4.84. The molecule has 0 unspecified atom stereocenters. The molecule has 5 heteroatoms. The van der Waals surface area contributed by atoms with Crippen LogP contribution in [-0.2, 0) is 0 Å². The van der Waals surface area contributed by atoms with Crippen molar-refractivity contribution in [3.05, 3.63) is 57.1 Å². The van der Waals surface area contributed by atoms with Gasteiger partial charge in [0, 0.05) is 21.7 Å². The van der Waals surface area contributed by atoms with Gasteiger partial charge in [-0.3, -0.25) is 4.79 Å². The molecular formula is C16H13ClN2OS. The fraction of sp³-hybridized carbons (Fsp3) is 0.125. The van der Waals surface area contributed by atoms with E-state index < -0.39 is 0 Å². The SMILES string of the molecule is Cc1cc2c(N)c(C(=O)c3ccc(Cl)cc3)sc2nc1C. The Hall–Kier alpha value is -1.91. The minimum Gasteiger partial charge on any atom is -0.397 e. The van der Waals surface area contributed by atoms with E-state index in [-0.39, 0.29) is 5.78 Å². The molecule has 3 nitrogen and oxygen atoms in total. The van der Waals surface area contributed by atoms with Crippen LogP contribution in [0.25, 0.3) is 10.2 Å². The molecule has 0 fully saturated rings. The Morgan fingerprint density at radius 2 is 1.90 bits per heavy atom. The first kappa shape index (κ1) is 14.0. The Morgan fingerprint density at radius 3 is 2.57 bits per heavy atom. The highest BCUT2D eigenvalue weighted by atomic mass is 35.5. The topological polar surface area (TPSA) is 56.0 Å². The normalized spacial score (nSPS) is 11.0. The number of nitrogen functional groups attached to an aromatic ring is 1. The number of hydrogen-bond donors (Lipinski definition) is 1. The molecule has 0 bridgehead atoms. The second-order valence-electron chi connectivity index (χ2n) is 4.92. The molecule has 0 radical (unpaired) electrons. The summed E-state index contributed by atoms with van der Waals surface area (Å²) in [6.07, 6.45) is 0. The summed E-state index contributed by atoms with van der Waals surface area (Å²) < 4.78 is 0. The van der Waals surface area contributed by atoms with E-state index in [0.29, 0.717) is 21.2 Å². The number of thiophene rings is 1. The molecule has 0 aliphatic carbocycles. The molecule has 2 aromatic heterocycles. The molecule has 3 rings (SSSR count). The van der Waals surface area contributed by atoms with Crippen molar-refractivity contribution >= 4 is 44.6 Å². The van der Waals surface area contributed by atoms with Crippen LogP contribution in [0.3, 0.4) is 0 Å². The van der Waals surface area contributed by atoms with E-state index in [1.807, 2.05) is 19.9 Å². The van der Waals surface area contributed by atoms with Gasteiger partial charge in [0.15, 0.2) is 0 Å². The number of benzene rings is 1. The molecule has 2 N–H and O–H groups in total. The Labute approximate surface area is 131 Å². The summed E-state index contributed by atoms with van der Waals surface area (Å²) in [4.78, 5) is 18.4. The van der Waals surface area contributed by atoms with Crippen molar-refractivity contribution in [1.29, 1.82) is 0 Å². The van der Waals surface area contributed by atoms with Crippen molar-refractivity contribution < 1.29 is 4.79 Å². The van der Waals surface area contributed by atoms with Crippen LogP contribution in [0.4, 0.5) is 5.69 Å². The van der Waals surface area contributed by atoms with Crippen LogP contribution in [0.1, 0.15) is 26.5 Å². The van der Waals surface area contributed by atoms with Crippen LogP contribution in [0.15, 0.2) is 30.3 Å². The second-order valence-corrected chi connectivity index (χ2v) is 6.36. The van der Waals surface area contributed by atoms with Gasteiger partial charge in [-0.05, 0) is 49.7 Å². The van der Waals surface area contributed by atoms with Crippen LogP contribution in [0, 0.1) is 13.8 Å². The highest BCUT2D eigenvalue weighted by Crippen LogP contribution is 2.35. The maximum atomic E-state index is 12.6. The van der Waals surface area contributed by atoms with Gasteiger partial charge < -0.3 is 5.73 Å². The zero-order valence-corrected chi connectivity index (χ0v) is 13.2. The number of carbonyl (C=O) groups excluding carboxylic acids is 1. The van der Waals surface area contributed by atoms with Gasteiger partial charge in [0.05, 0.1) is 5.69 Å². The van der Waals surface area contributed by atoms with E-state index >= 15 is 0 Å². The lowest BCUT2D eigenvalue weighted by molar-refractivity contribution is 0.104. The monoisotopic (exact) mass is 316 g/mol. The Bertz CT molecular complexity index is 853. The van der Waals surface area contributed by atoms with Gasteiger partial charge in [-0.2, -0.15) is 0 Å². The average molecular weight is 317 g/mol. The Morgan fingerprint density at radius 1 is 1.24 bits per heavy atom. The first-order valence-electron chi connectivity index (χ1n) is 6.44. The number of carbonyl (C=O) groups is 1. The summed E-state index contributed by atoms with van der Waals surface area (Å²) in [5.41, 5.74) is 9.25. The quantitative estimate of drug-likeness (QED) is 0.714. The van der Waals surface area contributed by atoms with E-state index in [0.717, 1.165) is 21.5 Å². The number of pyridine rings is 1. The van der Waals surface area contributed by atoms with E-state index in [1.165, 1.54) is 11.3 Å². The average Bonchev–Trinajstić information content (AvgIpc) is 2.77. The zero-order chi connectivity index (χ0) is 15.1. The van der Waals surface area contributed by atoms with Crippen LogP contribution in [0.5, 0.6) is 0 Å². The summed E-state index contributed by atoms with van der Waals surface area (Å²) in [6.45, 7) is 3.94. The fourth-order valence-electron chi connectivity index (χ4n) is 2.13. The molecule has 0 saturated heterocycles. The summed E-state index contributed by atoms with van der Waals surface area (Å²) in [7, 11) is 0. The number of hydrogen-bond acceptors (Lipinski definition) is 4. The zero-order valence-electron chi connectivity index (χ0n) is 11.6. The van der Waals surface area contributed by atoms with Gasteiger partial charge in [-0.25, -0.2) is 4.98 Å². The third-order valence-electron chi connectivity index (χ3n) is 3.48. The molecule has 0 aliphatic rings. The molecule has 3 aromatic rings. The predicted molar refractivity (Wildman–Crippen MR) is 88.4 cm³/mol. The number of fused-ring (bicyclic) bond motifs is 1. The van der Waals surface area contributed by atoms with Crippen LogP contribution in [-0.4, -0.2) is 10.8 Å². The van der Waals surface area contributed by atoms with Gasteiger partial charge in [0.2, 0.25) is 5.78 Å². The maximum Gasteiger partial charge on any atom is 0.205 e. The van der Waals surface area contributed by atoms with Gasteiger partial charge >= 0.3 is 0 Å². The van der Waals surface area contributed by atoms with Gasteiger partial charge in [0.25, 0.3) is 0 Å². The standard InChI is InChI=1S/C16H13ClN2OS/c1-8-7-12-13(18)15(21-16(12)19-9(8)2)14(20)10-3-5-11(17)6-4-10/h3-7H,18H2,1-2H3. The molecule has 0 atom stereocenters. The number of aromatic nitrogens is 1. The molecular weight excluding hydrogens is 304 g/mol. The lowest BCUT2D eigenvalue weighted by atomic mass is 10.1. The Balaban J connectivity index is 2.14. The molecule has 21 heavy (non-hydrogen) atoms. The second kappa shape index (κ2) is 5.13. The van der Waals surface area contributed by atoms with Crippen LogP contribution in [0.2, 0.25) is 5.02 Å². The molecule has 1 aromatic carbocycles. The van der Waals surface area contributed by atoms with Crippen molar-refractivity contribution in [3.8, 4) is 0 Å². The number of halogens is 1. The largest absolute Gasteiger partial charge is 0.397 e.